The van der Waals surface area contributed by atoms with Gasteiger partial charge in [0.05, 0.1) is 29.5 Å². The molecule has 10 nitrogen and oxygen atoms in total. The van der Waals surface area contributed by atoms with Gasteiger partial charge >= 0.3 is 0 Å². The van der Waals surface area contributed by atoms with Gasteiger partial charge in [-0.25, -0.2) is 0 Å². The lowest BCUT2D eigenvalue weighted by molar-refractivity contribution is 0.128. The summed E-state index contributed by atoms with van der Waals surface area (Å²) < 4.78 is 24.6. The lowest BCUT2D eigenvalue weighted by Crippen LogP contribution is -2.44. The van der Waals surface area contributed by atoms with Crippen molar-refractivity contribution >= 4 is 52.3 Å². The average molecular weight is 606 g/mol. The number of aromatic nitrogens is 3. The van der Waals surface area contributed by atoms with E-state index in [0.29, 0.717) is 23.5 Å². The predicted molar refractivity (Wildman–Crippen MR) is 178 cm³/mol. The van der Waals surface area contributed by atoms with E-state index in [4.69, 9.17) is 19.4 Å². The Hall–Kier alpha value is -3.59. The Bertz CT molecular complexity index is 1580. The van der Waals surface area contributed by atoms with Crippen molar-refractivity contribution in [1.82, 2.24) is 19.9 Å². The van der Waals surface area contributed by atoms with E-state index in [-0.39, 0.29) is 6.10 Å². The number of H-pyrrole nitrogens is 1. The molecule has 1 aliphatic rings. The van der Waals surface area contributed by atoms with Crippen LogP contribution in [-0.2, 0) is 9.30 Å². The van der Waals surface area contributed by atoms with Crippen LogP contribution in [0.3, 0.4) is 0 Å². The van der Waals surface area contributed by atoms with Crippen LogP contribution in [0.5, 0.6) is 5.75 Å². The smallest absolute Gasteiger partial charge is 0.231 e. The highest BCUT2D eigenvalue weighted by Crippen LogP contribution is 2.39. The van der Waals surface area contributed by atoms with Gasteiger partial charge in [-0.2, -0.15) is 9.97 Å². The Labute approximate surface area is 254 Å². The molecule has 0 aliphatic carbocycles. The van der Waals surface area contributed by atoms with Gasteiger partial charge < -0.3 is 39.5 Å². The summed E-state index contributed by atoms with van der Waals surface area (Å²) in [5, 5.41) is 8.44. The van der Waals surface area contributed by atoms with Crippen LogP contribution < -0.4 is 25.6 Å². The summed E-state index contributed by atoms with van der Waals surface area (Å²) >= 11 is 0. The number of nitrogens with one attached hydrogen (secondary N) is 3. The zero-order valence-electron chi connectivity index (χ0n) is 26.1. The van der Waals surface area contributed by atoms with Crippen molar-refractivity contribution in [2.75, 3.05) is 69.3 Å². The molecule has 4 aromatic rings. The summed E-state index contributed by atoms with van der Waals surface area (Å²) in [4.78, 5) is 17.6. The molecule has 3 heterocycles. The van der Waals surface area contributed by atoms with Crippen LogP contribution in [0.1, 0.15) is 26.7 Å². The topological polar surface area (TPSA) is 108 Å². The lowest BCUT2D eigenvalue weighted by Gasteiger charge is -2.38. The van der Waals surface area contributed by atoms with Gasteiger partial charge in [0.2, 0.25) is 5.95 Å². The maximum Gasteiger partial charge on any atom is 0.231 e. The average Bonchev–Trinajstić information content (AvgIpc) is 3.45. The molecule has 1 saturated heterocycles. The van der Waals surface area contributed by atoms with Crippen molar-refractivity contribution in [3.63, 3.8) is 0 Å². The van der Waals surface area contributed by atoms with Crippen LogP contribution in [0.25, 0.3) is 11.0 Å². The molecule has 1 aliphatic heterocycles. The van der Waals surface area contributed by atoms with Crippen LogP contribution >= 0.6 is 7.14 Å². The molecule has 230 valence electrons. The summed E-state index contributed by atoms with van der Waals surface area (Å²) in [5.41, 5.74) is 3.40. The van der Waals surface area contributed by atoms with Gasteiger partial charge in [0, 0.05) is 56.0 Å². The maximum absolute atomic E-state index is 13.0. The highest BCUT2D eigenvalue weighted by atomic mass is 31.2. The van der Waals surface area contributed by atoms with Gasteiger partial charge in [0.15, 0.2) is 0 Å². The number of benzene rings is 2. The molecule has 2 aromatic carbocycles. The van der Waals surface area contributed by atoms with Gasteiger partial charge in [0.25, 0.3) is 0 Å². The molecule has 0 atom stereocenters. The fourth-order valence-electron chi connectivity index (χ4n) is 5.56. The first-order valence-electron chi connectivity index (χ1n) is 14.9. The quantitative estimate of drug-likeness (QED) is 0.167. The molecule has 0 unspecified atom stereocenters. The Morgan fingerprint density at radius 1 is 1.09 bits per heavy atom. The zero-order valence-corrected chi connectivity index (χ0v) is 26.9. The fraction of sp³-hybridized carbons (Fsp3) is 0.438. The highest BCUT2D eigenvalue weighted by molar-refractivity contribution is 7.70. The van der Waals surface area contributed by atoms with E-state index in [0.717, 1.165) is 72.6 Å². The molecule has 5 rings (SSSR count). The summed E-state index contributed by atoms with van der Waals surface area (Å²) in [6, 6.07) is 16.4. The summed E-state index contributed by atoms with van der Waals surface area (Å²) in [6.45, 7) is 11.3. The summed E-state index contributed by atoms with van der Waals surface area (Å²) in [7, 11) is 1.43. The number of methoxy groups -OCH3 is 1. The number of para-hydroxylation sites is 1. The van der Waals surface area contributed by atoms with Crippen molar-refractivity contribution in [2.45, 2.75) is 38.8 Å². The maximum atomic E-state index is 13.0. The van der Waals surface area contributed by atoms with Crippen LogP contribution in [0.2, 0.25) is 0 Å². The number of hydrogen-bond acceptors (Lipinski definition) is 9. The van der Waals surface area contributed by atoms with Gasteiger partial charge in [-0.1, -0.05) is 12.1 Å². The molecule has 1 fully saturated rings. The Balaban J connectivity index is 1.38. The van der Waals surface area contributed by atoms with Gasteiger partial charge in [-0.3, -0.25) is 0 Å². The minimum absolute atomic E-state index is 0.0298. The van der Waals surface area contributed by atoms with Crippen molar-refractivity contribution in [3.8, 4) is 5.75 Å². The number of piperidine rings is 1. The lowest BCUT2D eigenvalue weighted by atomic mass is 10.0. The van der Waals surface area contributed by atoms with Crippen LogP contribution in [0.15, 0.2) is 54.7 Å². The van der Waals surface area contributed by atoms with E-state index in [1.165, 1.54) is 0 Å². The SMILES string of the molecule is COCCN(C)C1CCN(c2ccc(Nc3nc(Nc4ccccc4P(C)(C)=O)c4cc[nH]c4n3)cc2OC(C)C)CC1. The number of hydrogen-bond donors (Lipinski definition) is 3. The minimum atomic E-state index is -2.51. The number of aromatic amines is 1. The first-order valence-corrected chi connectivity index (χ1v) is 17.5. The largest absolute Gasteiger partial charge is 0.489 e. The molecule has 3 N–H and O–H groups in total. The van der Waals surface area contributed by atoms with Crippen molar-refractivity contribution in [3.05, 3.63) is 54.7 Å². The second-order valence-corrected chi connectivity index (χ2v) is 15.0. The second kappa shape index (κ2) is 13.4. The van der Waals surface area contributed by atoms with Crippen LogP contribution in [-0.4, -0.2) is 85.7 Å². The third-order valence-electron chi connectivity index (χ3n) is 7.81. The Morgan fingerprint density at radius 3 is 2.58 bits per heavy atom. The monoisotopic (exact) mass is 605 g/mol. The third-order valence-corrected chi connectivity index (χ3v) is 9.36. The number of ether oxygens (including phenoxy) is 2. The molecule has 0 amide bonds. The van der Waals surface area contributed by atoms with E-state index in [2.05, 4.69) is 44.6 Å². The molecular weight excluding hydrogens is 561 g/mol. The molecule has 0 spiro atoms. The zero-order chi connectivity index (χ0) is 30.6. The van der Waals surface area contributed by atoms with E-state index in [1.54, 1.807) is 20.4 Å². The third kappa shape index (κ3) is 7.50. The van der Waals surface area contributed by atoms with Gasteiger partial charge in [-0.05, 0) is 77.4 Å². The van der Waals surface area contributed by atoms with E-state index in [1.807, 2.05) is 56.4 Å². The van der Waals surface area contributed by atoms with E-state index < -0.39 is 7.14 Å². The minimum Gasteiger partial charge on any atom is -0.489 e. The Kier molecular flexibility index (Phi) is 9.59. The Morgan fingerprint density at radius 2 is 1.86 bits per heavy atom. The first-order chi connectivity index (χ1) is 20.6. The van der Waals surface area contributed by atoms with Crippen molar-refractivity contribution in [1.29, 1.82) is 0 Å². The molecular formula is C32H44N7O3P. The summed E-state index contributed by atoms with van der Waals surface area (Å²) in [6.07, 6.45) is 4.06. The van der Waals surface area contributed by atoms with Crippen LogP contribution in [0.4, 0.5) is 28.8 Å². The van der Waals surface area contributed by atoms with E-state index in [9.17, 15) is 4.57 Å². The number of anilines is 5. The molecule has 2 aromatic heterocycles. The molecule has 0 radical (unpaired) electrons. The highest BCUT2D eigenvalue weighted by Gasteiger charge is 2.25. The molecule has 11 heteroatoms. The normalized spacial score (nSPS) is 14.6. The molecule has 43 heavy (non-hydrogen) atoms. The van der Waals surface area contributed by atoms with Crippen molar-refractivity contribution < 1.29 is 14.0 Å². The van der Waals surface area contributed by atoms with E-state index >= 15 is 0 Å². The standard InChI is InChI=1S/C32H44N7O3P/c1-22(2)42-28-21-23(11-12-27(28)39-17-14-24(15-18-39)38(3)19-20-41-4)34-32-36-30-25(13-16-33-30)31(37-32)35-26-9-7-8-10-29(26)43(5,6)40/h7-13,16,21-22,24H,14-15,17-20H2,1-6H3,(H3,33,34,35,36,37). The predicted octanol–water partition coefficient (Wildman–Crippen LogP) is 6.03. The van der Waals surface area contributed by atoms with Gasteiger partial charge in [0.1, 0.15) is 24.4 Å². The number of likely N-dealkylation sites (N-methyl/N-ethyl adjacent to an activating group) is 1. The number of rotatable bonds is 12. The number of fused-ring (bicyclic) bond motifs is 1. The summed E-state index contributed by atoms with van der Waals surface area (Å²) in [5.74, 6) is 1.90. The molecule has 0 bridgehead atoms. The van der Waals surface area contributed by atoms with Crippen molar-refractivity contribution in [2.24, 2.45) is 0 Å². The van der Waals surface area contributed by atoms with Gasteiger partial charge in [-0.15, -0.1) is 0 Å². The molecule has 0 saturated carbocycles. The fourth-order valence-corrected chi connectivity index (χ4v) is 6.72. The van der Waals surface area contributed by atoms with Crippen LogP contribution in [0, 0.1) is 0 Å². The first kappa shape index (κ1) is 30.9. The second-order valence-electron chi connectivity index (χ2n) is 11.8. The number of nitrogens with zero attached hydrogens (tertiary/aromatic N) is 4.